The summed E-state index contributed by atoms with van der Waals surface area (Å²) in [5.74, 6) is 0.393. The number of carbonyl (C=O) groups excluding carboxylic acids is 1. The summed E-state index contributed by atoms with van der Waals surface area (Å²) in [6.45, 7) is 0. The summed E-state index contributed by atoms with van der Waals surface area (Å²) in [7, 11) is 1.47. The van der Waals surface area contributed by atoms with Crippen molar-refractivity contribution in [3.8, 4) is 5.75 Å². The van der Waals surface area contributed by atoms with Crippen LogP contribution in [0.5, 0.6) is 5.75 Å². The van der Waals surface area contributed by atoms with Crippen LogP contribution < -0.4 is 4.74 Å². The standard InChI is InChI=1S/C8H6Cl2O2/c1-12-8-6(9)2-5(4-11)3-7(8)10/h2-4H,1H3. The van der Waals surface area contributed by atoms with E-state index in [1.807, 2.05) is 0 Å². The fourth-order valence-corrected chi connectivity index (χ4v) is 1.50. The molecule has 0 heterocycles. The molecule has 2 nitrogen and oxygen atoms in total. The lowest BCUT2D eigenvalue weighted by Gasteiger charge is -2.05. The van der Waals surface area contributed by atoms with Gasteiger partial charge in [-0.1, -0.05) is 23.2 Å². The lowest BCUT2D eigenvalue weighted by molar-refractivity contribution is 0.112. The molecule has 0 aromatic heterocycles. The van der Waals surface area contributed by atoms with Gasteiger partial charge in [0.25, 0.3) is 0 Å². The van der Waals surface area contributed by atoms with Crippen LogP contribution in [0, 0.1) is 0 Å². The quantitative estimate of drug-likeness (QED) is 0.694. The first-order chi connectivity index (χ1) is 5.69. The Bertz CT molecular complexity index is 287. The number of hydrogen-bond donors (Lipinski definition) is 0. The number of carbonyl (C=O) groups is 1. The largest absolute Gasteiger partial charge is 0.494 e. The average molecular weight is 205 g/mol. The maximum absolute atomic E-state index is 10.4. The molecule has 0 atom stereocenters. The molecule has 1 rings (SSSR count). The molecule has 0 unspecified atom stereocenters. The molecule has 0 amide bonds. The zero-order chi connectivity index (χ0) is 9.14. The Kier molecular flexibility index (Phi) is 2.95. The van der Waals surface area contributed by atoms with Crippen molar-refractivity contribution in [3.05, 3.63) is 27.7 Å². The van der Waals surface area contributed by atoms with Crippen LogP contribution in [-0.4, -0.2) is 13.4 Å². The molecule has 0 fully saturated rings. The molecule has 4 heteroatoms. The second-order valence-corrected chi connectivity index (χ2v) is 2.95. The van der Waals surface area contributed by atoms with E-state index in [4.69, 9.17) is 27.9 Å². The summed E-state index contributed by atoms with van der Waals surface area (Å²) in [6.07, 6.45) is 0.678. The number of aldehydes is 1. The fraction of sp³-hybridized carbons (Fsp3) is 0.125. The molecular weight excluding hydrogens is 199 g/mol. The Morgan fingerprint density at radius 3 is 2.17 bits per heavy atom. The minimum atomic E-state index is 0.340. The molecule has 0 bridgehead atoms. The predicted molar refractivity (Wildman–Crippen MR) is 48.4 cm³/mol. The smallest absolute Gasteiger partial charge is 0.156 e. The molecule has 1 aromatic rings. The van der Waals surface area contributed by atoms with E-state index in [2.05, 4.69) is 0 Å². The molecule has 64 valence electrons. The van der Waals surface area contributed by atoms with Crippen LogP contribution in [0.3, 0.4) is 0 Å². The molecule has 0 aliphatic rings. The number of hydrogen-bond acceptors (Lipinski definition) is 2. The highest BCUT2D eigenvalue weighted by molar-refractivity contribution is 6.37. The molecule has 0 radical (unpaired) electrons. The van der Waals surface area contributed by atoms with E-state index in [0.717, 1.165) is 0 Å². The Hall–Kier alpha value is -0.730. The van der Waals surface area contributed by atoms with Gasteiger partial charge in [0, 0.05) is 5.56 Å². The van der Waals surface area contributed by atoms with Gasteiger partial charge in [0.1, 0.15) is 6.29 Å². The van der Waals surface area contributed by atoms with E-state index >= 15 is 0 Å². The minimum absolute atomic E-state index is 0.340. The maximum atomic E-state index is 10.4. The Morgan fingerprint density at radius 2 is 1.83 bits per heavy atom. The molecule has 0 spiro atoms. The predicted octanol–water partition coefficient (Wildman–Crippen LogP) is 2.81. The fourth-order valence-electron chi connectivity index (χ4n) is 0.843. The van der Waals surface area contributed by atoms with Crippen molar-refractivity contribution in [1.82, 2.24) is 0 Å². The summed E-state index contributed by atoms with van der Waals surface area (Å²) in [5, 5.41) is 0.680. The zero-order valence-corrected chi connectivity index (χ0v) is 7.82. The lowest BCUT2D eigenvalue weighted by Crippen LogP contribution is -1.88. The van der Waals surface area contributed by atoms with Crippen LogP contribution in [0.4, 0.5) is 0 Å². The van der Waals surface area contributed by atoms with E-state index in [9.17, 15) is 4.79 Å². The van der Waals surface area contributed by atoms with E-state index in [1.165, 1.54) is 19.2 Å². The highest BCUT2D eigenvalue weighted by Gasteiger charge is 2.07. The summed E-state index contributed by atoms with van der Waals surface area (Å²) >= 11 is 11.5. The molecule has 0 saturated carbocycles. The van der Waals surface area contributed by atoms with E-state index in [0.29, 0.717) is 27.6 Å². The van der Waals surface area contributed by atoms with Crippen LogP contribution in [-0.2, 0) is 0 Å². The van der Waals surface area contributed by atoms with E-state index < -0.39 is 0 Å². The first-order valence-electron chi connectivity index (χ1n) is 3.17. The van der Waals surface area contributed by atoms with Gasteiger partial charge in [-0.25, -0.2) is 0 Å². The van der Waals surface area contributed by atoms with Gasteiger partial charge < -0.3 is 4.74 Å². The van der Waals surface area contributed by atoms with Gasteiger partial charge >= 0.3 is 0 Å². The van der Waals surface area contributed by atoms with Gasteiger partial charge in [0.2, 0.25) is 0 Å². The summed E-state index contributed by atoms with van der Waals surface area (Å²) in [6, 6.07) is 3.00. The normalized spacial score (nSPS) is 9.58. The zero-order valence-electron chi connectivity index (χ0n) is 6.30. The van der Waals surface area contributed by atoms with Crippen molar-refractivity contribution in [2.75, 3.05) is 7.11 Å². The van der Waals surface area contributed by atoms with Crippen LogP contribution in [0.15, 0.2) is 12.1 Å². The molecule has 12 heavy (non-hydrogen) atoms. The molecule has 0 N–H and O–H groups in total. The molecule has 0 saturated heterocycles. The third-order valence-electron chi connectivity index (χ3n) is 1.36. The Labute approximate surface area is 80.0 Å². The van der Waals surface area contributed by atoms with Gasteiger partial charge in [-0.05, 0) is 12.1 Å². The van der Waals surface area contributed by atoms with Crippen molar-refractivity contribution in [2.24, 2.45) is 0 Å². The second-order valence-electron chi connectivity index (χ2n) is 2.14. The highest BCUT2D eigenvalue weighted by Crippen LogP contribution is 2.33. The van der Waals surface area contributed by atoms with Crippen LogP contribution in [0.25, 0.3) is 0 Å². The number of rotatable bonds is 2. The monoisotopic (exact) mass is 204 g/mol. The van der Waals surface area contributed by atoms with Crippen LogP contribution >= 0.6 is 23.2 Å². The van der Waals surface area contributed by atoms with Gasteiger partial charge in [0.15, 0.2) is 5.75 Å². The van der Waals surface area contributed by atoms with Gasteiger partial charge in [0.05, 0.1) is 17.2 Å². The SMILES string of the molecule is COc1c(Cl)cc(C=O)cc1Cl. The van der Waals surface area contributed by atoms with Crippen molar-refractivity contribution >= 4 is 29.5 Å². The Morgan fingerprint density at radius 1 is 1.33 bits per heavy atom. The highest BCUT2D eigenvalue weighted by atomic mass is 35.5. The number of benzene rings is 1. The van der Waals surface area contributed by atoms with Gasteiger partial charge in [-0.3, -0.25) is 4.79 Å². The van der Waals surface area contributed by atoms with Gasteiger partial charge in [-0.2, -0.15) is 0 Å². The third kappa shape index (κ3) is 1.71. The topological polar surface area (TPSA) is 26.3 Å². The number of ether oxygens (including phenoxy) is 1. The molecule has 0 aliphatic heterocycles. The number of halogens is 2. The minimum Gasteiger partial charge on any atom is -0.494 e. The van der Waals surface area contributed by atoms with Gasteiger partial charge in [-0.15, -0.1) is 0 Å². The second kappa shape index (κ2) is 3.78. The molecular formula is C8H6Cl2O2. The van der Waals surface area contributed by atoms with Crippen LogP contribution in [0.1, 0.15) is 10.4 Å². The maximum Gasteiger partial charge on any atom is 0.156 e. The van der Waals surface area contributed by atoms with Crippen molar-refractivity contribution < 1.29 is 9.53 Å². The van der Waals surface area contributed by atoms with Crippen molar-refractivity contribution in [1.29, 1.82) is 0 Å². The summed E-state index contributed by atoms with van der Waals surface area (Å²) in [4.78, 5) is 10.4. The summed E-state index contributed by atoms with van der Waals surface area (Å²) < 4.78 is 4.90. The Balaban J connectivity index is 3.27. The van der Waals surface area contributed by atoms with E-state index in [1.54, 1.807) is 0 Å². The van der Waals surface area contributed by atoms with Crippen LogP contribution in [0.2, 0.25) is 10.0 Å². The van der Waals surface area contributed by atoms with Crippen molar-refractivity contribution in [2.45, 2.75) is 0 Å². The first kappa shape index (κ1) is 9.36. The molecule has 1 aromatic carbocycles. The first-order valence-corrected chi connectivity index (χ1v) is 3.93. The number of methoxy groups -OCH3 is 1. The van der Waals surface area contributed by atoms with E-state index in [-0.39, 0.29) is 0 Å². The van der Waals surface area contributed by atoms with Crippen molar-refractivity contribution in [3.63, 3.8) is 0 Å². The summed E-state index contributed by atoms with van der Waals surface area (Å²) in [5.41, 5.74) is 0.436. The molecule has 0 aliphatic carbocycles. The average Bonchev–Trinajstić information content (AvgIpc) is 2.03. The third-order valence-corrected chi connectivity index (χ3v) is 1.92. The lowest BCUT2D eigenvalue weighted by atomic mass is 10.2.